The van der Waals surface area contributed by atoms with Crippen molar-refractivity contribution in [2.24, 2.45) is 4.99 Å². The van der Waals surface area contributed by atoms with Crippen LogP contribution in [-0.4, -0.2) is 34.4 Å². The van der Waals surface area contributed by atoms with Crippen molar-refractivity contribution in [2.45, 2.75) is 13.8 Å². The van der Waals surface area contributed by atoms with Gasteiger partial charge in [0.05, 0.1) is 11.4 Å². The third-order valence-corrected chi connectivity index (χ3v) is 6.03. The zero-order valence-corrected chi connectivity index (χ0v) is 18.7. The maximum Gasteiger partial charge on any atom is 0.339 e. The van der Waals surface area contributed by atoms with E-state index in [9.17, 15) is 14.4 Å². The monoisotopic (exact) mass is 471 g/mol. The number of ether oxygens (including phenoxy) is 1. The Morgan fingerprint density at radius 3 is 2.69 bits per heavy atom. The van der Waals surface area contributed by atoms with E-state index in [0.29, 0.717) is 32.8 Å². The molecule has 1 aromatic heterocycles. The number of hydrogen-bond donors (Lipinski definition) is 1. The molecule has 0 atom stereocenters. The molecule has 8 nitrogen and oxygen atoms in total. The molecule has 3 aromatic rings. The molecule has 10 heteroatoms. The molecule has 1 fully saturated rings. The van der Waals surface area contributed by atoms with E-state index in [1.165, 1.54) is 11.8 Å². The molecule has 2 heterocycles. The molecular weight excluding hydrogens is 454 g/mol. The van der Waals surface area contributed by atoms with Gasteiger partial charge in [-0.25, -0.2) is 9.79 Å². The number of nitrogens with zero attached hydrogens (tertiary/aromatic N) is 2. The summed E-state index contributed by atoms with van der Waals surface area (Å²) in [5.74, 6) is -0.312. The minimum atomic E-state index is -0.536. The molecule has 0 saturated carbocycles. The quantitative estimate of drug-likeness (QED) is 0.569. The van der Waals surface area contributed by atoms with Crippen molar-refractivity contribution in [1.29, 1.82) is 0 Å². The number of hydrazine groups is 1. The number of halogens is 1. The molecule has 2 aromatic carbocycles. The molecular formula is C22H18ClN3O5S. The number of aliphatic imine (C=N–C) groups is 1. The summed E-state index contributed by atoms with van der Waals surface area (Å²) in [5.41, 5.74) is 4.46. The third kappa shape index (κ3) is 4.63. The lowest BCUT2D eigenvalue weighted by atomic mass is 10.1. The lowest BCUT2D eigenvalue weighted by Gasteiger charge is -2.17. The lowest BCUT2D eigenvalue weighted by Crippen LogP contribution is -2.47. The van der Waals surface area contributed by atoms with E-state index in [2.05, 4.69) is 10.4 Å². The molecule has 1 saturated heterocycles. The summed E-state index contributed by atoms with van der Waals surface area (Å²) < 4.78 is 10.8. The second-order valence-corrected chi connectivity index (χ2v) is 8.39. The number of carbonyl (C=O) groups excluding carboxylic acids is 2. The Morgan fingerprint density at radius 2 is 1.94 bits per heavy atom. The van der Waals surface area contributed by atoms with Crippen LogP contribution in [0.25, 0.3) is 11.0 Å². The molecule has 164 valence electrons. The predicted octanol–water partition coefficient (Wildman–Crippen LogP) is 3.74. The molecule has 0 radical (unpaired) electrons. The Bertz CT molecular complexity index is 1300. The van der Waals surface area contributed by atoms with Gasteiger partial charge in [-0.15, -0.1) is 0 Å². The Hall–Kier alpha value is -3.30. The van der Waals surface area contributed by atoms with Crippen LogP contribution in [0.4, 0.5) is 5.69 Å². The highest BCUT2D eigenvalue weighted by Crippen LogP contribution is 2.25. The van der Waals surface area contributed by atoms with Gasteiger partial charge in [-0.05, 0) is 55.8 Å². The van der Waals surface area contributed by atoms with Gasteiger partial charge in [0.15, 0.2) is 11.8 Å². The summed E-state index contributed by atoms with van der Waals surface area (Å²) in [7, 11) is 0. The average molecular weight is 472 g/mol. The van der Waals surface area contributed by atoms with Gasteiger partial charge in [0, 0.05) is 22.0 Å². The summed E-state index contributed by atoms with van der Waals surface area (Å²) >= 11 is 7.09. The van der Waals surface area contributed by atoms with Crippen LogP contribution in [0.5, 0.6) is 5.75 Å². The van der Waals surface area contributed by atoms with E-state index in [-0.39, 0.29) is 18.3 Å². The van der Waals surface area contributed by atoms with Gasteiger partial charge < -0.3 is 9.15 Å². The maximum absolute atomic E-state index is 12.4. The van der Waals surface area contributed by atoms with Crippen molar-refractivity contribution in [3.05, 3.63) is 69.0 Å². The zero-order chi connectivity index (χ0) is 22.8. The molecule has 1 aliphatic heterocycles. The number of nitrogens with one attached hydrogen (secondary N) is 1. The van der Waals surface area contributed by atoms with E-state index >= 15 is 0 Å². The van der Waals surface area contributed by atoms with Gasteiger partial charge in [0.2, 0.25) is 0 Å². The Morgan fingerprint density at radius 1 is 1.19 bits per heavy atom. The normalized spacial score (nSPS) is 14.9. The Labute approximate surface area is 192 Å². The number of thioether (sulfide) groups is 1. The van der Waals surface area contributed by atoms with Crippen LogP contribution >= 0.6 is 23.4 Å². The molecule has 4 rings (SSSR count). The second kappa shape index (κ2) is 9.05. The summed E-state index contributed by atoms with van der Waals surface area (Å²) in [6.07, 6.45) is 0. The molecule has 0 unspecified atom stereocenters. The van der Waals surface area contributed by atoms with Crippen molar-refractivity contribution in [3.8, 4) is 5.75 Å². The first-order valence-corrected chi connectivity index (χ1v) is 10.9. The minimum absolute atomic E-state index is 0.163. The van der Waals surface area contributed by atoms with Crippen molar-refractivity contribution in [1.82, 2.24) is 10.4 Å². The number of aryl methyl sites for hydroxylation is 1. The van der Waals surface area contributed by atoms with Gasteiger partial charge in [-0.1, -0.05) is 23.4 Å². The van der Waals surface area contributed by atoms with Crippen molar-refractivity contribution >= 4 is 57.0 Å². The smallest absolute Gasteiger partial charge is 0.339 e. The van der Waals surface area contributed by atoms with Crippen molar-refractivity contribution in [2.75, 3.05) is 12.4 Å². The first-order valence-electron chi connectivity index (χ1n) is 9.58. The number of fused-ring (bicyclic) bond motifs is 1. The van der Waals surface area contributed by atoms with Crippen LogP contribution in [0.1, 0.15) is 11.1 Å². The molecule has 1 aliphatic rings. The van der Waals surface area contributed by atoms with Crippen LogP contribution in [0.2, 0.25) is 5.02 Å². The van der Waals surface area contributed by atoms with Gasteiger partial charge in [-0.2, -0.15) is 5.01 Å². The fourth-order valence-corrected chi connectivity index (χ4v) is 3.96. The molecule has 0 bridgehead atoms. The first-order chi connectivity index (χ1) is 15.3. The number of hydrogen-bond acceptors (Lipinski definition) is 7. The van der Waals surface area contributed by atoms with Gasteiger partial charge >= 0.3 is 5.63 Å². The van der Waals surface area contributed by atoms with Crippen LogP contribution in [-0.2, 0) is 9.59 Å². The minimum Gasteiger partial charge on any atom is -0.484 e. The number of rotatable bonds is 5. The van der Waals surface area contributed by atoms with E-state index < -0.39 is 11.5 Å². The average Bonchev–Trinajstić information content (AvgIpc) is 3.11. The third-order valence-electron chi connectivity index (χ3n) is 4.85. The summed E-state index contributed by atoms with van der Waals surface area (Å²) in [4.78, 5) is 40.9. The molecule has 0 aliphatic carbocycles. The van der Waals surface area contributed by atoms with E-state index in [4.69, 9.17) is 20.8 Å². The summed E-state index contributed by atoms with van der Waals surface area (Å²) in [6.45, 7) is 3.21. The van der Waals surface area contributed by atoms with E-state index in [0.717, 1.165) is 16.0 Å². The topological polar surface area (TPSA) is 101 Å². The van der Waals surface area contributed by atoms with Gasteiger partial charge in [0.25, 0.3) is 11.8 Å². The van der Waals surface area contributed by atoms with E-state index in [1.54, 1.807) is 49.4 Å². The second-order valence-electron chi connectivity index (χ2n) is 7.01. The summed E-state index contributed by atoms with van der Waals surface area (Å²) in [6, 6.07) is 11.8. The molecule has 32 heavy (non-hydrogen) atoms. The highest BCUT2D eigenvalue weighted by atomic mass is 35.5. The highest BCUT2D eigenvalue weighted by molar-refractivity contribution is 8.15. The highest BCUT2D eigenvalue weighted by Gasteiger charge is 2.30. The largest absolute Gasteiger partial charge is 0.484 e. The molecule has 1 N–H and O–H groups in total. The maximum atomic E-state index is 12.4. The lowest BCUT2D eigenvalue weighted by molar-refractivity contribution is -0.135. The SMILES string of the molecule is Cc1c(C)c2ccc(OCC(=O)NN3C(=O)CSC3=Nc3ccc(Cl)cc3)cc2oc1=O. The first kappa shape index (κ1) is 21.9. The predicted molar refractivity (Wildman–Crippen MR) is 123 cm³/mol. The number of carbonyl (C=O) groups is 2. The van der Waals surface area contributed by atoms with Gasteiger partial charge in [0.1, 0.15) is 11.3 Å². The Kier molecular flexibility index (Phi) is 6.20. The zero-order valence-electron chi connectivity index (χ0n) is 17.2. The number of amidine groups is 1. The fourth-order valence-electron chi connectivity index (χ4n) is 3.00. The van der Waals surface area contributed by atoms with Crippen LogP contribution in [0.15, 0.2) is 56.7 Å². The summed E-state index contributed by atoms with van der Waals surface area (Å²) in [5, 5.41) is 2.83. The van der Waals surface area contributed by atoms with Crippen molar-refractivity contribution in [3.63, 3.8) is 0 Å². The molecule has 2 amide bonds. The number of benzene rings is 2. The number of amides is 2. The fraction of sp³-hybridized carbons (Fsp3) is 0.182. The van der Waals surface area contributed by atoms with Crippen LogP contribution in [0.3, 0.4) is 0 Å². The van der Waals surface area contributed by atoms with E-state index in [1.807, 2.05) is 6.92 Å². The van der Waals surface area contributed by atoms with Crippen molar-refractivity contribution < 1.29 is 18.7 Å². The standard InChI is InChI=1S/C22H18ClN3O5S/c1-12-13(2)21(29)31-18-9-16(7-8-17(12)18)30-10-19(27)25-26-20(28)11-32-22(26)24-15-5-3-14(23)4-6-15/h3-9H,10-11H2,1-2H3,(H,25,27). The Balaban J connectivity index is 1.43. The molecule has 0 spiro atoms. The van der Waals surface area contributed by atoms with Crippen LogP contribution < -0.4 is 15.8 Å². The van der Waals surface area contributed by atoms with Crippen LogP contribution in [0, 0.1) is 13.8 Å². The van der Waals surface area contributed by atoms with Gasteiger partial charge in [-0.3, -0.25) is 15.0 Å².